The van der Waals surface area contributed by atoms with E-state index in [2.05, 4.69) is 27.6 Å². The molecule has 1 N–H and O–H groups in total. The number of hydrogen-bond acceptors (Lipinski definition) is 3. The maximum Gasteiger partial charge on any atom is 0.341 e. The van der Waals surface area contributed by atoms with Gasteiger partial charge in [0.15, 0.2) is 0 Å². The van der Waals surface area contributed by atoms with Gasteiger partial charge in [-0.05, 0) is 42.3 Å². The molecule has 1 unspecified atom stereocenters. The summed E-state index contributed by atoms with van der Waals surface area (Å²) in [4.78, 5) is 27.7. The molecule has 1 aromatic carbocycles. The van der Waals surface area contributed by atoms with Crippen molar-refractivity contribution < 1.29 is 9.90 Å². The molecule has 6 heteroatoms. The Morgan fingerprint density at radius 1 is 1.22 bits per heavy atom. The van der Waals surface area contributed by atoms with Crippen LogP contribution in [0.4, 0.5) is 0 Å². The van der Waals surface area contributed by atoms with Gasteiger partial charge in [-0.2, -0.15) is 0 Å². The maximum atomic E-state index is 12.4. The van der Waals surface area contributed by atoms with Gasteiger partial charge in [0.2, 0.25) is 5.43 Å². The summed E-state index contributed by atoms with van der Waals surface area (Å²) in [6.45, 7) is 1.94. The molecule has 0 aliphatic rings. The summed E-state index contributed by atoms with van der Waals surface area (Å²) >= 11 is 2.19. The van der Waals surface area contributed by atoms with Crippen LogP contribution in [0, 0.1) is 0 Å². The van der Waals surface area contributed by atoms with E-state index < -0.39 is 11.4 Å². The minimum atomic E-state index is -1.21. The zero-order chi connectivity index (χ0) is 16.6. The standard InChI is InChI=1S/C17H13IN2O3/c1-10(18)20-9-14(17(22)23)16(21)13-3-2-12(8-15(13)20)11-4-6-19-7-5-11/h2-10H,1H3,(H,22,23). The van der Waals surface area contributed by atoms with Crippen molar-refractivity contribution in [1.82, 2.24) is 9.55 Å². The second-order valence-corrected chi connectivity index (χ2v) is 6.93. The molecule has 0 bridgehead atoms. The third-order valence-electron chi connectivity index (χ3n) is 3.66. The highest BCUT2D eigenvalue weighted by atomic mass is 127. The van der Waals surface area contributed by atoms with Gasteiger partial charge in [0, 0.05) is 24.0 Å². The van der Waals surface area contributed by atoms with Gasteiger partial charge >= 0.3 is 5.97 Å². The summed E-state index contributed by atoms with van der Waals surface area (Å²) in [6, 6.07) is 9.21. The fraction of sp³-hybridized carbons (Fsp3) is 0.118. The molecular formula is C17H13IN2O3. The smallest absolute Gasteiger partial charge is 0.341 e. The second kappa shape index (κ2) is 6.11. The minimum absolute atomic E-state index is 0.00138. The number of aromatic carboxylic acids is 1. The number of aromatic nitrogens is 2. The van der Waals surface area contributed by atoms with Gasteiger partial charge in [0.1, 0.15) is 5.56 Å². The number of hydrogen-bond donors (Lipinski definition) is 1. The Morgan fingerprint density at radius 3 is 2.52 bits per heavy atom. The van der Waals surface area contributed by atoms with Crippen LogP contribution in [0.2, 0.25) is 0 Å². The fourth-order valence-corrected chi connectivity index (χ4v) is 2.98. The van der Waals surface area contributed by atoms with Crippen molar-refractivity contribution in [2.24, 2.45) is 0 Å². The molecule has 116 valence electrons. The number of carbonyl (C=O) groups is 1. The molecule has 0 fully saturated rings. The Balaban J connectivity index is 2.34. The van der Waals surface area contributed by atoms with Crippen molar-refractivity contribution in [3.05, 3.63) is 64.7 Å². The lowest BCUT2D eigenvalue weighted by molar-refractivity contribution is 0.0695. The van der Waals surface area contributed by atoms with E-state index in [1.807, 2.05) is 35.8 Å². The second-order valence-electron chi connectivity index (χ2n) is 5.13. The quantitative estimate of drug-likeness (QED) is 0.518. The first kappa shape index (κ1) is 15.7. The predicted octanol–water partition coefficient (Wildman–Crippen LogP) is 3.72. The Morgan fingerprint density at radius 2 is 1.91 bits per heavy atom. The number of carboxylic acids is 1. The maximum absolute atomic E-state index is 12.4. The van der Waals surface area contributed by atoms with E-state index >= 15 is 0 Å². The van der Waals surface area contributed by atoms with E-state index in [4.69, 9.17) is 0 Å². The van der Waals surface area contributed by atoms with E-state index in [0.29, 0.717) is 5.39 Å². The number of nitrogens with zero attached hydrogens (tertiary/aromatic N) is 2. The van der Waals surface area contributed by atoms with Gasteiger partial charge in [-0.25, -0.2) is 4.79 Å². The van der Waals surface area contributed by atoms with E-state index in [-0.39, 0.29) is 9.61 Å². The van der Waals surface area contributed by atoms with Crippen molar-refractivity contribution in [3.8, 4) is 11.1 Å². The topological polar surface area (TPSA) is 72.2 Å². The molecule has 0 aliphatic carbocycles. The third kappa shape index (κ3) is 2.86. The van der Waals surface area contributed by atoms with Crippen molar-refractivity contribution in [2.75, 3.05) is 0 Å². The number of fused-ring (bicyclic) bond motifs is 1. The highest BCUT2D eigenvalue weighted by Gasteiger charge is 2.16. The lowest BCUT2D eigenvalue weighted by Crippen LogP contribution is -2.19. The molecule has 5 nitrogen and oxygen atoms in total. The first-order chi connectivity index (χ1) is 11.0. The number of halogens is 1. The molecule has 0 saturated heterocycles. The Bertz CT molecular complexity index is 949. The largest absolute Gasteiger partial charge is 0.477 e. The zero-order valence-corrected chi connectivity index (χ0v) is 14.4. The number of pyridine rings is 2. The average molecular weight is 420 g/mol. The molecule has 2 aromatic heterocycles. The molecular weight excluding hydrogens is 407 g/mol. The van der Waals surface area contributed by atoms with Gasteiger partial charge in [-0.1, -0.05) is 28.7 Å². The van der Waals surface area contributed by atoms with Gasteiger partial charge in [-0.15, -0.1) is 0 Å². The van der Waals surface area contributed by atoms with Gasteiger partial charge in [0.05, 0.1) is 9.57 Å². The molecule has 0 radical (unpaired) electrons. The molecule has 2 heterocycles. The number of rotatable bonds is 3. The summed E-state index contributed by atoms with van der Waals surface area (Å²) in [5.74, 6) is -1.21. The van der Waals surface area contributed by atoms with Crippen LogP contribution in [0.25, 0.3) is 22.0 Å². The van der Waals surface area contributed by atoms with Crippen LogP contribution in [0.15, 0.2) is 53.7 Å². The van der Waals surface area contributed by atoms with E-state index in [1.165, 1.54) is 6.20 Å². The summed E-state index contributed by atoms with van der Waals surface area (Å²) in [5.41, 5.74) is 1.99. The lowest BCUT2D eigenvalue weighted by Gasteiger charge is -2.15. The number of alkyl halides is 1. The number of carboxylic acid groups (broad SMARTS) is 1. The van der Waals surface area contributed by atoms with Crippen LogP contribution in [0.3, 0.4) is 0 Å². The Hall–Kier alpha value is -2.22. The lowest BCUT2D eigenvalue weighted by atomic mass is 10.0. The van der Waals surface area contributed by atoms with Crippen molar-refractivity contribution in [3.63, 3.8) is 0 Å². The van der Waals surface area contributed by atoms with Crippen LogP contribution in [-0.4, -0.2) is 20.6 Å². The SMILES string of the molecule is CC(I)n1cc(C(=O)O)c(=O)c2ccc(-c3ccncc3)cc21. The highest BCUT2D eigenvalue weighted by molar-refractivity contribution is 14.1. The van der Waals surface area contributed by atoms with Crippen LogP contribution in [0.1, 0.15) is 21.3 Å². The van der Waals surface area contributed by atoms with E-state index in [9.17, 15) is 14.7 Å². The minimum Gasteiger partial charge on any atom is -0.477 e. The molecule has 1 atom stereocenters. The molecule has 3 aromatic rings. The monoisotopic (exact) mass is 420 g/mol. The summed E-state index contributed by atoms with van der Waals surface area (Å²) in [7, 11) is 0. The summed E-state index contributed by atoms with van der Waals surface area (Å²) in [6.07, 6.45) is 4.84. The van der Waals surface area contributed by atoms with E-state index in [1.54, 1.807) is 18.5 Å². The number of benzene rings is 1. The first-order valence-electron chi connectivity index (χ1n) is 6.95. The molecule has 0 aliphatic heterocycles. The molecule has 0 saturated carbocycles. The zero-order valence-electron chi connectivity index (χ0n) is 12.2. The molecule has 23 heavy (non-hydrogen) atoms. The van der Waals surface area contributed by atoms with E-state index in [0.717, 1.165) is 16.6 Å². The average Bonchev–Trinajstić information content (AvgIpc) is 2.55. The van der Waals surface area contributed by atoms with Crippen LogP contribution < -0.4 is 5.43 Å². The van der Waals surface area contributed by atoms with Crippen molar-refractivity contribution >= 4 is 39.5 Å². The highest BCUT2D eigenvalue weighted by Crippen LogP contribution is 2.26. The fourth-order valence-electron chi connectivity index (χ4n) is 2.52. The Labute approximate surface area is 145 Å². The van der Waals surface area contributed by atoms with Crippen LogP contribution in [0.5, 0.6) is 0 Å². The third-order valence-corrected chi connectivity index (χ3v) is 4.26. The summed E-state index contributed by atoms with van der Waals surface area (Å²) < 4.78 is 1.81. The molecule has 3 rings (SSSR count). The Kier molecular flexibility index (Phi) is 4.16. The molecule has 0 amide bonds. The van der Waals surface area contributed by atoms with Crippen LogP contribution in [-0.2, 0) is 0 Å². The predicted molar refractivity (Wildman–Crippen MR) is 97.1 cm³/mol. The van der Waals surface area contributed by atoms with Crippen molar-refractivity contribution in [2.45, 2.75) is 11.0 Å². The van der Waals surface area contributed by atoms with Crippen LogP contribution >= 0.6 is 22.6 Å². The summed E-state index contributed by atoms with van der Waals surface area (Å²) in [5, 5.41) is 9.65. The van der Waals surface area contributed by atoms with Gasteiger partial charge in [-0.3, -0.25) is 9.78 Å². The first-order valence-corrected chi connectivity index (χ1v) is 8.20. The van der Waals surface area contributed by atoms with Gasteiger partial charge in [0.25, 0.3) is 0 Å². The van der Waals surface area contributed by atoms with Gasteiger partial charge < -0.3 is 9.67 Å². The normalized spacial score (nSPS) is 12.3. The molecule has 0 spiro atoms. The van der Waals surface area contributed by atoms with Crippen molar-refractivity contribution in [1.29, 1.82) is 0 Å².